The third-order valence-corrected chi connectivity index (χ3v) is 6.44. The number of anilines is 1. The largest absolute Gasteiger partial charge is 0.358 e. The Balaban J connectivity index is 1.08. The van der Waals surface area contributed by atoms with Crippen LogP contribution in [0.1, 0.15) is 11.3 Å². The van der Waals surface area contributed by atoms with Gasteiger partial charge in [0, 0.05) is 67.8 Å². The number of para-hydroxylation sites is 1. The van der Waals surface area contributed by atoms with E-state index >= 15 is 0 Å². The number of amides is 1. The van der Waals surface area contributed by atoms with E-state index in [4.69, 9.17) is 0 Å². The van der Waals surface area contributed by atoms with Crippen LogP contribution in [-0.2, 0) is 17.8 Å². The van der Waals surface area contributed by atoms with Crippen LogP contribution in [-0.4, -0.2) is 79.8 Å². The standard InChI is InChI=1S/C22H24N8O/c31-22(29-8-7-19-17(13-29)16-3-1-2-4-18(16)24-19)14-27-9-11-28(12-10-27)21-6-5-20-25-23-15-30(20)26-21/h1-6,15,24H,7-14H2. The molecule has 2 aliphatic heterocycles. The Hall–Kier alpha value is -3.46. The average Bonchev–Trinajstić information content (AvgIpc) is 3.43. The van der Waals surface area contributed by atoms with Gasteiger partial charge in [-0.15, -0.1) is 15.3 Å². The zero-order valence-electron chi connectivity index (χ0n) is 17.2. The van der Waals surface area contributed by atoms with Crippen molar-refractivity contribution in [2.75, 3.05) is 44.2 Å². The molecule has 4 aromatic rings. The lowest BCUT2D eigenvalue weighted by Crippen LogP contribution is -2.50. The summed E-state index contributed by atoms with van der Waals surface area (Å²) in [6.45, 7) is 5.34. The first-order valence-electron chi connectivity index (χ1n) is 10.8. The molecule has 2 aliphatic rings. The Morgan fingerprint density at radius 2 is 1.90 bits per heavy atom. The quantitative estimate of drug-likeness (QED) is 0.542. The van der Waals surface area contributed by atoms with Crippen molar-refractivity contribution in [2.45, 2.75) is 13.0 Å². The fraction of sp³-hybridized carbons (Fsp3) is 0.364. The second-order valence-corrected chi connectivity index (χ2v) is 8.28. The van der Waals surface area contributed by atoms with E-state index in [0.29, 0.717) is 13.1 Å². The van der Waals surface area contributed by atoms with Crippen molar-refractivity contribution < 1.29 is 4.79 Å². The van der Waals surface area contributed by atoms with Gasteiger partial charge in [0.1, 0.15) is 12.1 Å². The van der Waals surface area contributed by atoms with E-state index in [0.717, 1.165) is 56.1 Å². The van der Waals surface area contributed by atoms with Gasteiger partial charge in [0.2, 0.25) is 5.91 Å². The number of H-pyrrole nitrogens is 1. The maximum absolute atomic E-state index is 13.0. The number of nitrogens with zero attached hydrogens (tertiary/aromatic N) is 7. The van der Waals surface area contributed by atoms with Crippen molar-refractivity contribution >= 4 is 28.3 Å². The number of hydrogen-bond acceptors (Lipinski definition) is 6. The molecule has 1 fully saturated rings. The van der Waals surface area contributed by atoms with Crippen molar-refractivity contribution in [3.8, 4) is 0 Å². The van der Waals surface area contributed by atoms with Gasteiger partial charge in [-0.2, -0.15) is 4.52 Å². The number of aromatic nitrogens is 5. The molecule has 5 heterocycles. The molecule has 6 rings (SSSR count). The molecule has 9 nitrogen and oxygen atoms in total. The third kappa shape index (κ3) is 3.31. The van der Waals surface area contributed by atoms with Crippen LogP contribution in [0.3, 0.4) is 0 Å². The van der Waals surface area contributed by atoms with Crippen LogP contribution >= 0.6 is 0 Å². The molecular weight excluding hydrogens is 392 g/mol. The number of rotatable bonds is 3. The molecule has 0 saturated carbocycles. The van der Waals surface area contributed by atoms with Gasteiger partial charge in [0.05, 0.1) is 6.54 Å². The highest BCUT2D eigenvalue weighted by Crippen LogP contribution is 2.27. The summed E-state index contributed by atoms with van der Waals surface area (Å²) < 4.78 is 1.69. The van der Waals surface area contributed by atoms with Gasteiger partial charge in [0.25, 0.3) is 0 Å². The number of fused-ring (bicyclic) bond motifs is 4. The second-order valence-electron chi connectivity index (χ2n) is 8.28. The van der Waals surface area contributed by atoms with E-state index in [1.165, 1.54) is 16.6 Å². The summed E-state index contributed by atoms with van der Waals surface area (Å²) in [4.78, 5) is 23.1. The Bertz CT molecular complexity index is 1250. The molecule has 0 spiro atoms. The summed E-state index contributed by atoms with van der Waals surface area (Å²) in [5.74, 6) is 1.13. The van der Waals surface area contributed by atoms with Gasteiger partial charge < -0.3 is 14.8 Å². The van der Waals surface area contributed by atoms with Crippen LogP contribution < -0.4 is 4.90 Å². The van der Waals surface area contributed by atoms with E-state index in [2.05, 4.69) is 48.3 Å². The van der Waals surface area contributed by atoms with Gasteiger partial charge in [0.15, 0.2) is 5.65 Å². The molecule has 1 saturated heterocycles. The zero-order valence-corrected chi connectivity index (χ0v) is 17.2. The van der Waals surface area contributed by atoms with Gasteiger partial charge in [-0.1, -0.05) is 18.2 Å². The van der Waals surface area contributed by atoms with Crippen LogP contribution in [0.5, 0.6) is 0 Å². The molecular formula is C22H24N8O. The smallest absolute Gasteiger partial charge is 0.237 e. The fourth-order valence-electron chi connectivity index (χ4n) is 4.69. The van der Waals surface area contributed by atoms with Crippen LogP contribution in [0.15, 0.2) is 42.7 Å². The summed E-state index contributed by atoms with van der Waals surface area (Å²) in [7, 11) is 0. The Labute approximate surface area is 179 Å². The SMILES string of the molecule is O=C(CN1CCN(c2ccc3nncn3n2)CC1)N1CCc2[nH]c3ccccc3c2C1. The number of hydrogen-bond donors (Lipinski definition) is 1. The Morgan fingerprint density at radius 1 is 1.03 bits per heavy atom. The highest BCUT2D eigenvalue weighted by Gasteiger charge is 2.26. The maximum Gasteiger partial charge on any atom is 0.237 e. The van der Waals surface area contributed by atoms with Gasteiger partial charge >= 0.3 is 0 Å². The fourth-order valence-corrected chi connectivity index (χ4v) is 4.69. The highest BCUT2D eigenvalue weighted by molar-refractivity contribution is 5.86. The predicted molar refractivity (Wildman–Crippen MR) is 117 cm³/mol. The van der Waals surface area contributed by atoms with E-state index in [1.807, 2.05) is 23.1 Å². The highest BCUT2D eigenvalue weighted by atomic mass is 16.2. The molecule has 0 radical (unpaired) electrons. The number of piperazine rings is 1. The van der Waals surface area contributed by atoms with Crippen LogP contribution in [0.25, 0.3) is 16.6 Å². The number of carbonyl (C=O) groups excluding carboxylic acids is 1. The van der Waals surface area contributed by atoms with E-state index < -0.39 is 0 Å². The summed E-state index contributed by atoms with van der Waals surface area (Å²) in [6.07, 6.45) is 2.51. The molecule has 9 heteroatoms. The van der Waals surface area contributed by atoms with Crippen molar-refractivity contribution in [1.29, 1.82) is 0 Å². The van der Waals surface area contributed by atoms with E-state index in [-0.39, 0.29) is 5.91 Å². The lowest BCUT2D eigenvalue weighted by Gasteiger charge is -2.36. The normalized spacial score (nSPS) is 17.4. The minimum atomic E-state index is 0.216. The lowest BCUT2D eigenvalue weighted by molar-refractivity contribution is -0.133. The molecule has 0 aliphatic carbocycles. The number of carbonyl (C=O) groups is 1. The molecule has 31 heavy (non-hydrogen) atoms. The first kappa shape index (κ1) is 18.3. The molecule has 1 aromatic carbocycles. The third-order valence-electron chi connectivity index (χ3n) is 6.44. The summed E-state index contributed by atoms with van der Waals surface area (Å²) in [5, 5.41) is 13.7. The van der Waals surface area contributed by atoms with Crippen molar-refractivity contribution in [1.82, 2.24) is 34.6 Å². The molecule has 0 atom stereocenters. The lowest BCUT2D eigenvalue weighted by atomic mass is 10.0. The van der Waals surface area contributed by atoms with Crippen molar-refractivity contribution in [3.63, 3.8) is 0 Å². The minimum absolute atomic E-state index is 0.216. The van der Waals surface area contributed by atoms with Gasteiger partial charge in [-0.3, -0.25) is 9.69 Å². The monoisotopic (exact) mass is 416 g/mol. The minimum Gasteiger partial charge on any atom is -0.358 e. The van der Waals surface area contributed by atoms with E-state index in [1.54, 1.807) is 10.8 Å². The summed E-state index contributed by atoms with van der Waals surface area (Å²) in [5.41, 5.74) is 4.45. The van der Waals surface area contributed by atoms with Crippen LogP contribution in [0.2, 0.25) is 0 Å². The number of aromatic amines is 1. The topological polar surface area (TPSA) is 85.7 Å². The molecule has 1 amide bonds. The maximum atomic E-state index is 13.0. The first-order chi connectivity index (χ1) is 15.2. The summed E-state index contributed by atoms with van der Waals surface area (Å²) in [6, 6.07) is 12.3. The Morgan fingerprint density at radius 3 is 2.81 bits per heavy atom. The zero-order chi connectivity index (χ0) is 20.8. The molecule has 158 valence electrons. The second kappa shape index (κ2) is 7.35. The summed E-state index contributed by atoms with van der Waals surface area (Å²) >= 11 is 0. The molecule has 3 aromatic heterocycles. The average molecular weight is 416 g/mol. The van der Waals surface area contributed by atoms with Crippen molar-refractivity contribution in [2.24, 2.45) is 0 Å². The molecule has 0 unspecified atom stereocenters. The van der Waals surface area contributed by atoms with Crippen molar-refractivity contribution in [3.05, 3.63) is 54.0 Å². The predicted octanol–water partition coefficient (Wildman–Crippen LogP) is 1.31. The first-order valence-corrected chi connectivity index (χ1v) is 10.8. The number of benzene rings is 1. The van der Waals surface area contributed by atoms with Gasteiger partial charge in [-0.25, -0.2) is 0 Å². The van der Waals surface area contributed by atoms with Crippen LogP contribution in [0.4, 0.5) is 5.82 Å². The molecule has 0 bridgehead atoms. The van der Waals surface area contributed by atoms with E-state index in [9.17, 15) is 4.79 Å². The van der Waals surface area contributed by atoms with Gasteiger partial charge in [-0.05, 0) is 18.2 Å². The Kier molecular flexibility index (Phi) is 4.34. The number of nitrogens with one attached hydrogen (secondary N) is 1. The van der Waals surface area contributed by atoms with Crippen LogP contribution in [0, 0.1) is 0 Å². The molecule has 1 N–H and O–H groups in total.